The van der Waals surface area contributed by atoms with Gasteiger partial charge < -0.3 is 5.32 Å². The average Bonchev–Trinajstić information content (AvgIpc) is 2.45. The van der Waals surface area contributed by atoms with Crippen molar-refractivity contribution in [1.82, 2.24) is 5.32 Å². The summed E-state index contributed by atoms with van der Waals surface area (Å²) in [5, 5.41) is 3.80. The summed E-state index contributed by atoms with van der Waals surface area (Å²) in [6.45, 7) is 4.64. The summed E-state index contributed by atoms with van der Waals surface area (Å²) < 4.78 is 0. The molecule has 0 aliphatic heterocycles. The second-order valence-corrected chi connectivity index (χ2v) is 6.29. The third-order valence-corrected chi connectivity index (χ3v) is 4.56. The van der Waals surface area contributed by atoms with Crippen LogP contribution < -0.4 is 5.32 Å². The van der Waals surface area contributed by atoms with Crippen LogP contribution in [0.2, 0.25) is 0 Å². The molecule has 3 unspecified atom stereocenters. The van der Waals surface area contributed by atoms with Crippen molar-refractivity contribution in [3.8, 4) is 0 Å². The molecule has 1 aliphatic rings. The summed E-state index contributed by atoms with van der Waals surface area (Å²) in [6, 6.07) is 1.48. The van der Waals surface area contributed by atoms with Crippen LogP contribution in [0.1, 0.15) is 58.8 Å². The first-order valence-corrected chi connectivity index (χ1v) is 8.40. The normalized spacial score (nSPS) is 28.7. The van der Waals surface area contributed by atoms with Crippen LogP contribution in [0, 0.1) is 5.92 Å². The van der Waals surface area contributed by atoms with Crippen LogP contribution in [0.15, 0.2) is 0 Å². The van der Waals surface area contributed by atoms with E-state index in [1.165, 1.54) is 50.7 Å². The Morgan fingerprint density at radius 2 is 2.06 bits per heavy atom. The fourth-order valence-electron chi connectivity index (χ4n) is 2.94. The highest BCUT2D eigenvalue weighted by atomic mass is 32.2. The number of rotatable bonds is 6. The molecule has 0 aromatic heterocycles. The predicted octanol–water partition coefficient (Wildman–Crippen LogP) is 4.08. The minimum absolute atomic E-state index is 0.683. The zero-order chi connectivity index (χ0) is 11.8. The van der Waals surface area contributed by atoms with Crippen LogP contribution in [-0.4, -0.2) is 24.1 Å². The maximum atomic E-state index is 3.80. The van der Waals surface area contributed by atoms with Gasteiger partial charge in [0.1, 0.15) is 0 Å². The minimum atomic E-state index is 0.683. The van der Waals surface area contributed by atoms with Crippen molar-refractivity contribution >= 4 is 11.8 Å². The van der Waals surface area contributed by atoms with Gasteiger partial charge in [-0.2, -0.15) is 11.8 Å². The van der Waals surface area contributed by atoms with Gasteiger partial charge in [-0.05, 0) is 38.4 Å². The Morgan fingerprint density at radius 1 is 1.25 bits per heavy atom. The van der Waals surface area contributed by atoms with Crippen LogP contribution in [0.5, 0.6) is 0 Å². The molecule has 1 nitrogen and oxygen atoms in total. The van der Waals surface area contributed by atoms with E-state index < -0.39 is 0 Å². The molecule has 3 atom stereocenters. The van der Waals surface area contributed by atoms with Gasteiger partial charge in [0.2, 0.25) is 0 Å². The number of thioether (sulfide) groups is 1. The van der Waals surface area contributed by atoms with E-state index in [2.05, 4.69) is 25.4 Å². The van der Waals surface area contributed by atoms with E-state index in [-0.39, 0.29) is 0 Å². The van der Waals surface area contributed by atoms with Gasteiger partial charge in [0.25, 0.3) is 0 Å². The van der Waals surface area contributed by atoms with Gasteiger partial charge in [0.15, 0.2) is 0 Å². The van der Waals surface area contributed by atoms with E-state index in [0.29, 0.717) is 6.04 Å². The lowest BCUT2D eigenvalue weighted by molar-refractivity contribution is 0.398. The molecule has 96 valence electrons. The molecule has 16 heavy (non-hydrogen) atoms. The molecule has 0 radical (unpaired) electrons. The first-order valence-electron chi connectivity index (χ1n) is 7.01. The molecule has 2 heteroatoms. The fourth-order valence-corrected chi connectivity index (χ4v) is 3.54. The third kappa shape index (κ3) is 5.58. The van der Waals surface area contributed by atoms with Crippen molar-refractivity contribution in [2.24, 2.45) is 5.92 Å². The molecule has 0 amide bonds. The summed E-state index contributed by atoms with van der Waals surface area (Å²) in [5.74, 6) is 2.27. The molecule has 0 aromatic rings. The van der Waals surface area contributed by atoms with E-state index >= 15 is 0 Å². The van der Waals surface area contributed by atoms with Gasteiger partial charge in [-0.3, -0.25) is 0 Å². The predicted molar refractivity (Wildman–Crippen MR) is 76.3 cm³/mol. The van der Waals surface area contributed by atoms with Crippen LogP contribution in [0.4, 0.5) is 0 Å². The molecular formula is C14H29NS. The summed E-state index contributed by atoms with van der Waals surface area (Å²) in [7, 11) is 0. The lowest BCUT2D eigenvalue weighted by Crippen LogP contribution is -2.37. The van der Waals surface area contributed by atoms with E-state index in [9.17, 15) is 0 Å². The smallest absolute Gasteiger partial charge is 0.0132 e. The van der Waals surface area contributed by atoms with E-state index in [1.807, 2.05) is 11.8 Å². The van der Waals surface area contributed by atoms with Crippen molar-refractivity contribution in [3.63, 3.8) is 0 Å². The summed E-state index contributed by atoms with van der Waals surface area (Å²) in [4.78, 5) is 0. The molecule has 0 saturated heterocycles. The Kier molecular flexibility index (Phi) is 7.55. The first-order chi connectivity index (χ1) is 7.76. The molecule has 0 aromatic carbocycles. The molecule has 1 saturated carbocycles. The molecule has 1 aliphatic carbocycles. The summed E-state index contributed by atoms with van der Waals surface area (Å²) in [5.41, 5.74) is 0. The Morgan fingerprint density at radius 3 is 2.75 bits per heavy atom. The Labute approximate surface area is 106 Å². The number of hydrogen-bond donors (Lipinski definition) is 1. The first kappa shape index (κ1) is 14.4. The molecular weight excluding hydrogens is 214 g/mol. The van der Waals surface area contributed by atoms with Gasteiger partial charge in [-0.1, -0.05) is 32.6 Å². The van der Waals surface area contributed by atoms with Crippen molar-refractivity contribution in [2.45, 2.75) is 70.9 Å². The van der Waals surface area contributed by atoms with Crippen molar-refractivity contribution in [2.75, 3.05) is 12.0 Å². The summed E-state index contributed by atoms with van der Waals surface area (Å²) in [6.07, 6.45) is 12.2. The molecule has 0 heterocycles. The molecule has 0 bridgehead atoms. The topological polar surface area (TPSA) is 12.0 Å². The highest BCUT2D eigenvalue weighted by Gasteiger charge is 2.19. The van der Waals surface area contributed by atoms with Gasteiger partial charge in [-0.15, -0.1) is 0 Å². The third-order valence-electron chi connectivity index (χ3n) is 3.72. The average molecular weight is 243 g/mol. The zero-order valence-corrected chi connectivity index (χ0v) is 12.1. The maximum absolute atomic E-state index is 3.80. The van der Waals surface area contributed by atoms with Gasteiger partial charge in [0.05, 0.1) is 0 Å². The Balaban J connectivity index is 2.24. The fraction of sp³-hybridized carbons (Fsp3) is 1.00. The van der Waals surface area contributed by atoms with Gasteiger partial charge in [0, 0.05) is 17.8 Å². The van der Waals surface area contributed by atoms with E-state index in [1.54, 1.807) is 0 Å². The largest absolute Gasteiger partial charge is 0.311 e. The Bertz CT molecular complexity index is 172. The van der Waals surface area contributed by atoms with E-state index in [0.717, 1.165) is 12.0 Å². The van der Waals surface area contributed by atoms with Crippen molar-refractivity contribution in [3.05, 3.63) is 0 Å². The number of hydrogen-bond acceptors (Lipinski definition) is 2. The molecule has 1 rings (SSSR count). The summed E-state index contributed by atoms with van der Waals surface area (Å²) >= 11 is 1.95. The van der Waals surface area contributed by atoms with Crippen LogP contribution >= 0.6 is 11.8 Å². The van der Waals surface area contributed by atoms with Gasteiger partial charge in [-0.25, -0.2) is 0 Å². The van der Waals surface area contributed by atoms with E-state index in [4.69, 9.17) is 0 Å². The Hall–Kier alpha value is 0.310. The minimum Gasteiger partial charge on any atom is -0.311 e. The quantitative estimate of drug-likeness (QED) is 0.706. The lowest BCUT2D eigenvalue weighted by atomic mass is 9.95. The standard InChI is InChI=1S/C14H29NS/c1-4-6-13-7-5-8-14(10-9-13)15-12(2)11-16-3/h12-15H,4-11H2,1-3H3. The second-order valence-electron chi connectivity index (χ2n) is 5.38. The zero-order valence-electron chi connectivity index (χ0n) is 11.3. The highest BCUT2D eigenvalue weighted by Crippen LogP contribution is 2.26. The number of nitrogens with one attached hydrogen (secondary N) is 1. The van der Waals surface area contributed by atoms with Crippen LogP contribution in [0.25, 0.3) is 0 Å². The SMILES string of the molecule is CCCC1CCCC(NC(C)CSC)CC1. The van der Waals surface area contributed by atoms with Gasteiger partial charge >= 0.3 is 0 Å². The second kappa shape index (κ2) is 8.41. The maximum Gasteiger partial charge on any atom is 0.0132 e. The lowest BCUT2D eigenvalue weighted by Gasteiger charge is -2.21. The van der Waals surface area contributed by atoms with Crippen molar-refractivity contribution in [1.29, 1.82) is 0 Å². The molecule has 0 spiro atoms. The van der Waals surface area contributed by atoms with Crippen LogP contribution in [0.3, 0.4) is 0 Å². The monoisotopic (exact) mass is 243 g/mol. The molecule has 1 fully saturated rings. The highest BCUT2D eigenvalue weighted by molar-refractivity contribution is 7.98. The van der Waals surface area contributed by atoms with Crippen molar-refractivity contribution < 1.29 is 0 Å². The van der Waals surface area contributed by atoms with Crippen LogP contribution in [-0.2, 0) is 0 Å². The molecule has 1 N–H and O–H groups in total.